The van der Waals surface area contributed by atoms with E-state index in [9.17, 15) is 8.78 Å². The fourth-order valence-electron chi connectivity index (χ4n) is 3.52. The van der Waals surface area contributed by atoms with E-state index < -0.39 is 5.92 Å². The molecule has 2 aromatic rings. The van der Waals surface area contributed by atoms with Crippen molar-refractivity contribution < 1.29 is 13.5 Å². The normalized spacial score (nSPS) is 22.0. The average Bonchev–Trinajstić information content (AvgIpc) is 3.07. The van der Waals surface area contributed by atoms with Crippen LogP contribution in [0.25, 0.3) is 11.4 Å². The van der Waals surface area contributed by atoms with E-state index in [1.54, 1.807) is 10.9 Å². The first-order chi connectivity index (χ1) is 13.0. The van der Waals surface area contributed by atoms with Crippen LogP contribution in [0, 0.1) is 24.7 Å². The number of ether oxygens (including phenoxy) is 1. The average molecular weight is 372 g/mol. The first-order valence-electron chi connectivity index (χ1n) is 9.37. The maximum atomic E-state index is 12.9. The predicted molar refractivity (Wildman–Crippen MR) is 96.1 cm³/mol. The van der Waals surface area contributed by atoms with Crippen LogP contribution in [0.1, 0.15) is 43.2 Å². The predicted octanol–water partition coefficient (Wildman–Crippen LogP) is 3.61. The largest absolute Gasteiger partial charge is 0.376 e. The second-order valence-corrected chi connectivity index (χ2v) is 7.43. The molecule has 0 amide bonds. The summed E-state index contributed by atoms with van der Waals surface area (Å²) in [5.41, 5.74) is 3.13. The lowest BCUT2D eigenvalue weighted by Gasteiger charge is -2.31. The first kappa shape index (κ1) is 18.1. The van der Waals surface area contributed by atoms with Crippen LogP contribution in [0.2, 0.25) is 0 Å². The molecule has 142 valence electrons. The zero-order valence-corrected chi connectivity index (χ0v) is 15.3. The molecule has 0 radical (unpaired) electrons. The Morgan fingerprint density at radius 3 is 2.89 bits per heavy atom. The number of aryl methyl sites for hydroxylation is 1. The summed E-state index contributed by atoms with van der Waals surface area (Å²) >= 11 is 0. The Labute approximate surface area is 157 Å². The van der Waals surface area contributed by atoms with Crippen LogP contribution in [0.5, 0.6) is 0 Å². The van der Waals surface area contributed by atoms with Crippen molar-refractivity contribution in [1.82, 2.24) is 20.0 Å². The second-order valence-electron chi connectivity index (χ2n) is 7.43. The van der Waals surface area contributed by atoms with E-state index in [0.717, 1.165) is 36.3 Å². The van der Waals surface area contributed by atoms with Gasteiger partial charge >= 0.3 is 0 Å². The Morgan fingerprint density at radius 2 is 2.19 bits per heavy atom. The number of nitrogens with zero attached hydrogens (tertiary/aromatic N) is 4. The van der Waals surface area contributed by atoms with Crippen LogP contribution in [-0.4, -0.2) is 38.6 Å². The zero-order chi connectivity index (χ0) is 18.9. The number of rotatable bonds is 3. The lowest BCUT2D eigenvalue weighted by atomic mass is 9.82. The fraction of sp³-hybridized carbons (Fsp3) is 0.550. The molecule has 2 aliphatic rings. The zero-order valence-electron chi connectivity index (χ0n) is 15.3. The summed E-state index contributed by atoms with van der Waals surface area (Å²) in [6.45, 7) is 3.45. The van der Waals surface area contributed by atoms with Crippen LogP contribution in [0.3, 0.4) is 0 Å². The summed E-state index contributed by atoms with van der Waals surface area (Å²) in [4.78, 5) is 4.46. The van der Waals surface area contributed by atoms with Crippen molar-refractivity contribution >= 4 is 0 Å². The van der Waals surface area contributed by atoms with Crippen molar-refractivity contribution in [3.8, 4) is 23.2 Å². The van der Waals surface area contributed by atoms with Gasteiger partial charge in [-0.15, -0.1) is 5.10 Å². The lowest BCUT2D eigenvalue weighted by Crippen LogP contribution is -2.34. The van der Waals surface area contributed by atoms with Gasteiger partial charge in [0.15, 0.2) is 0 Å². The minimum absolute atomic E-state index is 0.141. The van der Waals surface area contributed by atoms with Gasteiger partial charge in [0, 0.05) is 37.1 Å². The Bertz CT molecular complexity index is 870. The maximum Gasteiger partial charge on any atom is 0.250 e. The summed E-state index contributed by atoms with van der Waals surface area (Å²) in [5.74, 6) is 3.11. The molecule has 0 bridgehead atoms. The van der Waals surface area contributed by atoms with E-state index in [4.69, 9.17) is 4.74 Å². The lowest BCUT2D eigenvalue weighted by molar-refractivity contribution is -0.0936. The van der Waals surface area contributed by atoms with E-state index in [0.29, 0.717) is 12.2 Å². The molecular weight excluding hydrogens is 350 g/mol. The fourth-order valence-corrected chi connectivity index (χ4v) is 3.52. The standard InChI is InChI=1S/C20H22F2N4O/c1-14-8-15(5-6-16-9-20(21,22)10-16)11-23-19(14)18-13-26(25-24-18)12-17-4-2-3-7-27-17/h8,11,13,16-17H,2-4,7,9-10,12H2,1H3. The maximum absolute atomic E-state index is 12.9. The van der Waals surface area contributed by atoms with E-state index in [2.05, 4.69) is 27.1 Å². The van der Waals surface area contributed by atoms with E-state index in [1.165, 1.54) is 6.42 Å². The third-order valence-electron chi connectivity index (χ3n) is 5.03. The van der Waals surface area contributed by atoms with Crippen LogP contribution >= 0.6 is 0 Å². The summed E-state index contributed by atoms with van der Waals surface area (Å²) in [6, 6.07) is 1.91. The van der Waals surface area contributed by atoms with Gasteiger partial charge in [-0.1, -0.05) is 17.1 Å². The minimum atomic E-state index is -2.54. The number of pyridine rings is 1. The molecule has 1 aliphatic carbocycles. The molecule has 27 heavy (non-hydrogen) atoms. The van der Waals surface area contributed by atoms with Crippen molar-refractivity contribution in [2.75, 3.05) is 6.61 Å². The molecule has 0 aromatic carbocycles. The summed E-state index contributed by atoms with van der Waals surface area (Å²) < 4.78 is 33.3. The molecule has 1 aliphatic heterocycles. The number of hydrogen-bond acceptors (Lipinski definition) is 4. The van der Waals surface area contributed by atoms with Gasteiger partial charge in [-0.3, -0.25) is 4.98 Å². The SMILES string of the molecule is Cc1cc(C#CC2CC(F)(F)C2)cnc1-c1cn(CC2CCCCO2)nn1. The number of halogens is 2. The molecule has 0 spiro atoms. The van der Waals surface area contributed by atoms with Gasteiger partial charge in [0.2, 0.25) is 0 Å². The topological polar surface area (TPSA) is 52.8 Å². The number of hydrogen-bond donors (Lipinski definition) is 0. The highest BCUT2D eigenvalue weighted by Gasteiger charge is 2.44. The van der Waals surface area contributed by atoms with Crippen molar-refractivity contribution in [3.63, 3.8) is 0 Å². The Kier molecular flexibility index (Phi) is 4.92. The van der Waals surface area contributed by atoms with Gasteiger partial charge in [0.05, 0.1) is 24.5 Å². The molecule has 4 rings (SSSR count). The van der Waals surface area contributed by atoms with Crippen LogP contribution in [-0.2, 0) is 11.3 Å². The highest BCUT2D eigenvalue weighted by atomic mass is 19.3. The van der Waals surface area contributed by atoms with E-state index in [1.807, 2.05) is 19.2 Å². The molecule has 1 unspecified atom stereocenters. The molecule has 1 saturated carbocycles. The molecule has 0 N–H and O–H groups in total. The smallest absolute Gasteiger partial charge is 0.250 e. The van der Waals surface area contributed by atoms with Gasteiger partial charge in [0.1, 0.15) is 5.69 Å². The van der Waals surface area contributed by atoms with Crippen LogP contribution in [0.15, 0.2) is 18.5 Å². The van der Waals surface area contributed by atoms with Crippen molar-refractivity contribution in [3.05, 3.63) is 29.6 Å². The van der Waals surface area contributed by atoms with Crippen LogP contribution < -0.4 is 0 Å². The molecular formula is C20H22F2N4O. The minimum Gasteiger partial charge on any atom is -0.376 e. The summed E-state index contributed by atoms with van der Waals surface area (Å²) in [5, 5.41) is 8.42. The van der Waals surface area contributed by atoms with Crippen molar-refractivity contribution in [1.29, 1.82) is 0 Å². The molecule has 1 saturated heterocycles. The van der Waals surface area contributed by atoms with Gasteiger partial charge in [-0.2, -0.15) is 0 Å². The molecule has 3 heterocycles. The van der Waals surface area contributed by atoms with Gasteiger partial charge in [0.25, 0.3) is 5.92 Å². The third kappa shape index (κ3) is 4.33. The Hall–Kier alpha value is -2.33. The number of aromatic nitrogens is 4. The molecule has 2 aromatic heterocycles. The van der Waals surface area contributed by atoms with E-state index in [-0.39, 0.29) is 24.9 Å². The quantitative estimate of drug-likeness (QED) is 0.773. The highest BCUT2D eigenvalue weighted by Crippen LogP contribution is 2.41. The Balaban J connectivity index is 1.43. The molecule has 5 nitrogen and oxygen atoms in total. The molecule has 1 atom stereocenters. The Morgan fingerprint density at radius 1 is 1.33 bits per heavy atom. The molecule has 7 heteroatoms. The summed E-state index contributed by atoms with van der Waals surface area (Å²) in [6.07, 6.45) is 6.82. The van der Waals surface area contributed by atoms with Crippen molar-refractivity contribution in [2.24, 2.45) is 5.92 Å². The van der Waals surface area contributed by atoms with Gasteiger partial charge < -0.3 is 4.74 Å². The first-order valence-corrected chi connectivity index (χ1v) is 9.37. The van der Waals surface area contributed by atoms with Crippen molar-refractivity contribution in [2.45, 2.75) is 57.6 Å². The van der Waals surface area contributed by atoms with Gasteiger partial charge in [-0.25, -0.2) is 13.5 Å². The van der Waals surface area contributed by atoms with E-state index >= 15 is 0 Å². The molecule has 2 fully saturated rings. The second kappa shape index (κ2) is 7.35. The third-order valence-corrected chi connectivity index (χ3v) is 5.03. The monoisotopic (exact) mass is 372 g/mol. The summed E-state index contributed by atoms with van der Waals surface area (Å²) in [7, 11) is 0. The highest BCUT2D eigenvalue weighted by molar-refractivity contribution is 5.58. The number of alkyl halides is 2. The van der Waals surface area contributed by atoms with Gasteiger partial charge in [-0.05, 0) is 37.8 Å². The van der Waals surface area contributed by atoms with Crippen LogP contribution in [0.4, 0.5) is 8.78 Å².